The quantitative estimate of drug-likeness (QED) is 0.557. The highest BCUT2D eigenvalue weighted by molar-refractivity contribution is 4.80. The molecule has 0 saturated heterocycles. The van der Waals surface area contributed by atoms with Gasteiger partial charge in [-0.05, 0) is 27.7 Å². The van der Waals surface area contributed by atoms with Gasteiger partial charge in [0, 0.05) is 12.1 Å². The number of hydrogen-bond donors (Lipinski definition) is 0. The lowest BCUT2D eigenvalue weighted by molar-refractivity contribution is 0.199. The van der Waals surface area contributed by atoms with Crippen molar-refractivity contribution in [3.63, 3.8) is 0 Å². The molecule has 0 aromatic heterocycles. The SMILES string of the molecule is CC(C)N(CC#N)C(C)C. The maximum Gasteiger partial charge on any atom is 0.0870 e. The van der Waals surface area contributed by atoms with E-state index in [9.17, 15) is 0 Å². The predicted octanol–water partition coefficient (Wildman–Crippen LogP) is 1.63. The topological polar surface area (TPSA) is 27.0 Å². The normalized spacial score (nSPS) is 11.0. The fourth-order valence-electron chi connectivity index (χ4n) is 1.04. The molecule has 58 valence electrons. The van der Waals surface area contributed by atoms with Crippen LogP contribution >= 0.6 is 0 Å². The van der Waals surface area contributed by atoms with Crippen molar-refractivity contribution in [3.05, 3.63) is 0 Å². The summed E-state index contributed by atoms with van der Waals surface area (Å²) in [4.78, 5) is 2.15. The summed E-state index contributed by atoms with van der Waals surface area (Å²) >= 11 is 0. The Morgan fingerprint density at radius 2 is 1.60 bits per heavy atom. The minimum absolute atomic E-state index is 0.472. The summed E-state index contributed by atoms with van der Waals surface area (Å²) in [5, 5.41) is 8.44. The molecule has 0 rings (SSSR count). The van der Waals surface area contributed by atoms with Crippen LogP contribution in [-0.2, 0) is 0 Å². The van der Waals surface area contributed by atoms with Gasteiger partial charge in [0.25, 0.3) is 0 Å². The van der Waals surface area contributed by atoms with Crippen LogP contribution in [0, 0.1) is 11.3 Å². The van der Waals surface area contributed by atoms with Gasteiger partial charge < -0.3 is 0 Å². The third kappa shape index (κ3) is 2.84. The van der Waals surface area contributed by atoms with E-state index in [0.29, 0.717) is 18.6 Å². The van der Waals surface area contributed by atoms with Gasteiger partial charge in [-0.25, -0.2) is 0 Å². The van der Waals surface area contributed by atoms with E-state index in [1.807, 2.05) is 0 Å². The molecule has 0 unspecified atom stereocenters. The zero-order chi connectivity index (χ0) is 8.15. The third-order valence-electron chi connectivity index (χ3n) is 1.58. The minimum atomic E-state index is 0.472. The molecule has 0 N–H and O–H groups in total. The molecule has 0 bridgehead atoms. The maximum atomic E-state index is 8.44. The van der Waals surface area contributed by atoms with E-state index < -0.39 is 0 Å². The standard InChI is InChI=1S/C8H16N2/c1-7(2)10(6-5-9)8(3)4/h7-8H,6H2,1-4H3. The highest BCUT2D eigenvalue weighted by Crippen LogP contribution is 2.02. The van der Waals surface area contributed by atoms with Crippen LogP contribution in [0.3, 0.4) is 0 Å². The van der Waals surface area contributed by atoms with Gasteiger partial charge in [-0.3, -0.25) is 4.90 Å². The van der Waals surface area contributed by atoms with E-state index >= 15 is 0 Å². The number of nitrogens with zero attached hydrogens (tertiary/aromatic N) is 2. The Morgan fingerprint density at radius 1 is 1.20 bits per heavy atom. The van der Waals surface area contributed by atoms with Crippen LogP contribution in [0.4, 0.5) is 0 Å². The molecule has 0 aliphatic rings. The van der Waals surface area contributed by atoms with E-state index in [1.165, 1.54) is 0 Å². The summed E-state index contributed by atoms with van der Waals surface area (Å²) in [6.07, 6.45) is 0. The average Bonchev–Trinajstić information content (AvgIpc) is 1.81. The molecule has 0 radical (unpaired) electrons. The molecule has 0 aromatic rings. The van der Waals surface area contributed by atoms with Crippen LogP contribution in [0.5, 0.6) is 0 Å². The van der Waals surface area contributed by atoms with Crippen molar-refractivity contribution in [1.82, 2.24) is 4.90 Å². The summed E-state index contributed by atoms with van der Waals surface area (Å²) in [7, 11) is 0. The first-order chi connectivity index (χ1) is 4.59. The minimum Gasteiger partial charge on any atom is -0.286 e. The Balaban J connectivity index is 3.88. The monoisotopic (exact) mass is 140 g/mol. The smallest absolute Gasteiger partial charge is 0.0870 e. The van der Waals surface area contributed by atoms with Crippen LogP contribution in [-0.4, -0.2) is 23.5 Å². The van der Waals surface area contributed by atoms with E-state index in [-0.39, 0.29) is 0 Å². The highest BCUT2D eigenvalue weighted by Gasteiger charge is 2.11. The van der Waals surface area contributed by atoms with Crippen LogP contribution < -0.4 is 0 Å². The Labute approximate surface area is 63.4 Å². The molecule has 0 amide bonds. The Bertz CT molecular complexity index is 114. The van der Waals surface area contributed by atoms with Crippen molar-refractivity contribution in [2.24, 2.45) is 0 Å². The van der Waals surface area contributed by atoms with E-state index in [0.717, 1.165) is 0 Å². The molecule has 0 heterocycles. The molecule has 2 heteroatoms. The van der Waals surface area contributed by atoms with Gasteiger partial charge in [0.1, 0.15) is 0 Å². The molecule has 0 atom stereocenters. The molecule has 0 fully saturated rings. The lowest BCUT2D eigenvalue weighted by Gasteiger charge is -2.27. The van der Waals surface area contributed by atoms with E-state index in [4.69, 9.17) is 5.26 Å². The van der Waals surface area contributed by atoms with Crippen molar-refractivity contribution in [3.8, 4) is 6.07 Å². The molecule has 2 nitrogen and oxygen atoms in total. The number of nitriles is 1. The molecule has 10 heavy (non-hydrogen) atoms. The van der Waals surface area contributed by atoms with Gasteiger partial charge in [0.2, 0.25) is 0 Å². The lowest BCUT2D eigenvalue weighted by atomic mass is 10.2. The number of rotatable bonds is 3. The van der Waals surface area contributed by atoms with Crippen LogP contribution in [0.25, 0.3) is 0 Å². The largest absolute Gasteiger partial charge is 0.286 e. The fourth-order valence-corrected chi connectivity index (χ4v) is 1.04. The summed E-state index contributed by atoms with van der Waals surface area (Å²) < 4.78 is 0. The Kier molecular flexibility index (Phi) is 4.06. The molecule has 0 aromatic carbocycles. The molecule has 0 saturated carbocycles. The summed E-state index contributed by atoms with van der Waals surface area (Å²) in [6, 6.07) is 3.10. The fraction of sp³-hybridized carbons (Fsp3) is 0.875. The van der Waals surface area contributed by atoms with Crippen molar-refractivity contribution >= 4 is 0 Å². The van der Waals surface area contributed by atoms with E-state index in [1.54, 1.807) is 0 Å². The summed E-state index contributed by atoms with van der Waals surface area (Å²) in [5.74, 6) is 0. The third-order valence-corrected chi connectivity index (χ3v) is 1.58. The first kappa shape index (κ1) is 9.45. The van der Waals surface area contributed by atoms with Crippen molar-refractivity contribution in [2.75, 3.05) is 6.54 Å². The van der Waals surface area contributed by atoms with Gasteiger partial charge >= 0.3 is 0 Å². The molecule has 0 aliphatic heterocycles. The molecule has 0 aliphatic carbocycles. The zero-order valence-electron chi connectivity index (χ0n) is 7.26. The summed E-state index contributed by atoms with van der Waals surface area (Å²) in [6.45, 7) is 8.97. The summed E-state index contributed by atoms with van der Waals surface area (Å²) in [5.41, 5.74) is 0. The number of hydrogen-bond acceptors (Lipinski definition) is 2. The van der Waals surface area contributed by atoms with Crippen molar-refractivity contribution in [2.45, 2.75) is 39.8 Å². The van der Waals surface area contributed by atoms with Crippen molar-refractivity contribution < 1.29 is 0 Å². The second kappa shape index (κ2) is 4.29. The van der Waals surface area contributed by atoms with Gasteiger partial charge in [-0.2, -0.15) is 5.26 Å². The Hall–Kier alpha value is -0.550. The molecular formula is C8H16N2. The van der Waals surface area contributed by atoms with Gasteiger partial charge in [-0.15, -0.1) is 0 Å². The second-order valence-corrected chi connectivity index (χ2v) is 3.02. The van der Waals surface area contributed by atoms with Crippen molar-refractivity contribution in [1.29, 1.82) is 5.26 Å². The second-order valence-electron chi connectivity index (χ2n) is 3.02. The molecular weight excluding hydrogens is 124 g/mol. The highest BCUT2D eigenvalue weighted by atomic mass is 15.2. The Morgan fingerprint density at radius 3 is 1.70 bits per heavy atom. The first-order valence-corrected chi connectivity index (χ1v) is 3.72. The lowest BCUT2D eigenvalue weighted by Crippen LogP contribution is -2.37. The molecule has 0 spiro atoms. The first-order valence-electron chi connectivity index (χ1n) is 3.72. The van der Waals surface area contributed by atoms with Gasteiger partial charge in [-0.1, -0.05) is 0 Å². The van der Waals surface area contributed by atoms with Gasteiger partial charge in [0.05, 0.1) is 12.6 Å². The van der Waals surface area contributed by atoms with Crippen LogP contribution in [0.15, 0.2) is 0 Å². The predicted molar refractivity (Wildman–Crippen MR) is 42.6 cm³/mol. The van der Waals surface area contributed by atoms with E-state index in [2.05, 4.69) is 38.7 Å². The maximum absolute atomic E-state index is 8.44. The van der Waals surface area contributed by atoms with Crippen LogP contribution in [0.2, 0.25) is 0 Å². The van der Waals surface area contributed by atoms with Crippen LogP contribution in [0.1, 0.15) is 27.7 Å². The van der Waals surface area contributed by atoms with Gasteiger partial charge in [0.15, 0.2) is 0 Å². The zero-order valence-corrected chi connectivity index (χ0v) is 7.26. The average molecular weight is 140 g/mol.